The van der Waals surface area contributed by atoms with Crippen molar-refractivity contribution in [3.05, 3.63) is 89.5 Å². The van der Waals surface area contributed by atoms with Crippen LogP contribution in [-0.2, 0) is 22.3 Å². The van der Waals surface area contributed by atoms with Crippen LogP contribution in [0.4, 0.5) is 18.9 Å². The van der Waals surface area contributed by atoms with Gasteiger partial charge >= 0.3 is 6.18 Å². The molecule has 0 saturated carbocycles. The lowest BCUT2D eigenvalue weighted by Gasteiger charge is -2.43. The molecule has 3 aromatic carbocycles. The second-order valence-electron chi connectivity index (χ2n) is 10.8. The fraction of sp³-hybridized carbons (Fsp3) is 0.344. The molecule has 2 aliphatic rings. The van der Waals surface area contributed by atoms with E-state index < -0.39 is 23.2 Å². The molecule has 2 heterocycles. The van der Waals surface area contributed by atoms with E-state index in [0.29, 0.717) is 48.6 Å². The van der Waals surface area contributed by atoms with Gasteiger partial charge in [0.1, 0.15) is 23.6 Å². The fourth-order valence-corrected chi connectivity index (χ4v) is 5.84. The van der Waals surface area contributed by atoms with Crippen LogP contribution >= 0.6 is 0 Å². The van der Waals surface area contributed by atoms with E-state index in [4.69, 9.17) is 9.47 Å². The van der Waals surface area contributed by atoms with E-state index in [0.717, 1.165) is 17.8 Å². The Morgan fingerprint density at radius 1 is 0.932 bits per heavy atom. The Labute approximate surface area is 253 Å². The summed E-state index contributed by atoms with van der Waals surface area (Å²) in [7, 11) is 3.01. The highest BCUT2D eigenvalue weighted by molar-refractivity contribution is 5.99. The number of hydrogen-bond acceptors (Lipinski definition) is 6. The molecule has 2 aliphatic heterocycles. The number of hydrogen-bond donors (Lipinski definition) is 1. The maximum atomic E-state index is 14.0. The van der Waals surface area contributed by atoms with Gasteiger partial charge in [0.05, 0.1) is 32.0 Å². The molecule has 1 N–H and O–H groups in total. The maximum Gasteiger partial charge on any atom is 0.416 e. The average Bonchev–Trinajstić information content (AvgIpc) is 3.29. The molecule has 2 saturated heterocycles. The number of benzene rings is 3. The average molecular weight is 611 g/mol. The number of nitrogens with one attached hydrogen (secondary N) is 1. The molecule has 0 aliphatic carbocycles. The number of methoxy groups -OCH3 is 2. The second-order valence-corrected chi connectivity index (χ2v) is 10.8. The normalized spacial score (nSPS) is 16.3. The molecule has 0 bridgehead atoms. The molecule has 2 fully saturated rings. The summed E-state index contributed by atoms with van der Waals surface area (Å²) in [6, 6.07) is 19.1. The molecule has 9 nitrogen and oxygen atoms in total. The molecule has 12 heteroatoms. The van der Waals surface area contributed by atoms with Crippen LogP contribution in [0.25, 0.3) is 0 Å². The van der Waals surface area contributed by atoms with Gasteiger partial charge in [-0.15, -0.1) is 0 Å². The van der Waals surface area contributed by atoms with E-state index in [1.165, 1.54) is 31.3 Å². The molecule has 0 unspecified atom stereocenters. The molecule has 3 amide bonds. The van der Waals surface area contributed by atoms with Crippen LogP contribution in [0.3, 0.4) is 0 Å². The SMILES string of the molecule is COc1ccc(C(=O)N2CCC3(CC2)C(=O)N(CC(=O)NCc2cccc(C(F)(F)F)c2)CN3c2ccccc2)c(OC)c1. The highest BCUT2D eigenvalue weighted by atomic mass is 19.4. The zero-order chi connectivity index (χ0) is 31.5. The minimum absolute atomic E-state index is 0.107. The molecule has 0 aromatic heterocycles. The summed E-state index contributed by atoms with van der Waals surface area (Å²) in [5, 5.41) is 2.64. The third-order valence-electron chi connectivity index (χ3n) is 8.18. The van der Waals surface area contributed by atoms with Crippen molar-refractivity contribution in [2.45, 2.75) is 31.1 Å². The standard InChI is InChI=1S/C32H33F3N4O5/c1-43-25-11-12-26(27(18-25)44-2)29(41)37-15-13-31(14-16-37)30(42)38(21-39(31)24-9-4-3-5-10-24)20-28(40)36-19-22-7-6-8-23(17-22)32(33,34)35/h3-12,17-18H,13-16,19-21H2,1-2H3,(H,36,40). The van der Waals surface area contributed by atoms with Gasteiger partial charge in [0.25, 0.3) is 11.8 Å². The quantitative estimate of drug-likeness (QED) is 0.409. The lowest BCUT2D eigenvalue weighted by Crippen LogP contribution is -2.57. The van der Waals surface area contributed by atoms with Crippen molar-refractivity contribution >= 4 is 23.4 Å². The first kappa shape index (κ1) is 30.7. The number of para-hydroxylation sites is 1. The van der Waals surface area contributed by atoms with Crippen LogP contribution in [0.15, 0.2) is 72.8 Å². The van der Waals surface area contributed by atoms with Crippen molar-refractivity contribution in [2.24, 2.45) is 0 Å². The Bertz CT molecular complexity index is 1520. The summed E-state index contributed by atoms with van der Waals surface area (Å²) in [5.74, 6) is 0.0106. The van der Waals surface area contributed by atoms with Gasteiger partial charge in [0, 0.05) is 31.4 Å². The van der Waals surface area contributed by atoms with Crippen molar-refractivity contribution in [2.75, 3.05) is 45.4 Å². The minimum Gasteiger partial charge on any atom is -0.497 e. The van der Waals surface area contributed by atoms with Gasteiger partial charge in [-0.3, -0.25) is 14.4 Å². The first-order valence-corrected chi connectivity index (χ1v) is 14.1. The molecule has 232 valence electrons. The second kappa shape index (κ2) is 12.5. The van der Waals surface area contributed by atoms with Crippen LogP contribution in [0.2, 0.25) is 0 Å². The number of nitrogens with zero attached hydrogens (tertiary/aromatic N) is 3. The number of carbonyl (C=O) groups is 3. The predicted octanol–water partition coefficient (Wildman–Crippen LogP) is 4.32. The van der Waals surface area contributed by atoms with E-state index in [1.54, 1.807) is 23.1 Å². The van der Waals surface area contributed by atoms with Crippen molar-refractivity contribution in [1.82, 2.24) is 15.1 Å². The van der Waals surface area contributed by atoms with E-state index in [9.17, 15) is 27.6 Å². The summed E-state index contributed by atoms with van der Waals surface area (Å²) in [6.45, 7) is 0.399. The number of rotatable bonds is 8. The molecule has 1 spiro atoms. The van der Waals surface area contributed by atoms with Gasteiger partial charge in [-0.25, -0.2) is 0 Å². The molecule has 3 aromatic rings. The largest absolute Gasteiger partial charge is 0.497 e. The zero-order valence-electron chi connectivity index (χ0n) is 24.4. The third kappa shape index (κ3) is 6.15. The monoisotopic (exact) mass is 610 g/mol. The van der Waals surface area contributed by atoms with Crippen LogP contribution < -0.4 is 19.7 Å². The number of amides is 3. The Balaban J connectivity index is 1.29. The van der Waals surface area contributed by atoms with Crippen molar-refractivity contribution in [1.29, 1.82) is 0 Å². The summed E-state index contributed by atoms with van der Waals surface area (Å²) < 4.78 is 49.9. The summed E-state index contributed by atoms with van der Waals surface area (Å²) >= 11 is 0. The molecule has 44 heavy (non-hydrogen) atoms. The van der Waals surface area contributed by atoms with E-state index >= 15 is 0 Å². The summed E-state index contributed by atoms with van der Waals surface area (Å²) in [4.78, 5) is 45.5. The Morgan fingerprint density at radius 2 is 1.66 bits per heavy atom. The molecule has 5 rings (SSSR count). The highest BCUT2D eigenvalue weighted by Crippen LogP contribution is 2.40. The maximum absolute atomic E-state index is 14.0. The van der Waals surface area contributed by atoms with Crippen molar-refractivity contribution < 1.29 is 37.0 Å². The van der Waals surface area contributed by atoms with E-state index in [1.807, 2.05) is 35.2 Å². The van der Waals surface area contributed by atoms with Gasteiger partial charge in [-0.1, -0.05) is 30.3 Å². The number of piperidine rings is 1. The van der Waals surface area contributed by atoms with Crippen LogP contribution in [0.5, 0.6) is 11.5 Å². The minimum atomic E-state index is -4.49. The van der Waals surface area contributed by atoms with E-state index in [-0.39, 0.29) is 31.6 Å². The smallest absolute Gasteiger partial charge is 0.416 e. The fourth-order valence-electron chi connectivity index (χ4n) is 5.84. The summed E-state index contributed by atoms with van der Waals surface area (Å²) in [5.41, 5.74) is -0.266. The lowest BCUT2D eigenvalue weighted by atomic mass is 9.85. The molecular formula is C32H33F3N4O5. The first-order valence-electron chi connectivity index (χ1n) is 14.1. The molecule has 0 atom stereocenters. The van der Waals surface area contributed by atoms with Crippen molar-refractivity contribution in [3.63, 3.8) is 0 Å². The number of likely N-dealkylation sites (tertiary alicyclic amines) is 1. The Hall–Kier alpha value is -4.74. The predicted molar refractivity (Wildman–Crippen MR) is 156 cm³/mol. The van der Waals surface area contributed by atoms with Gasteiger partial charge in [-0.05, 0) is 54.8 Å². The third-order valence-corrected chi connectivity index (χ3v) is 8.18. The Morgan fingerprint density at radius 3 is 2.32 bits per heavy atom. The van der Waals surface area contributed by atoms with Crippen molar-refractivity contribution in [3.8, 4) is 11.5 Å². The van der Waals surface area contributed by atoms with Crippen LogP contribution in [-0.4, -0.2) is 73.6 Å². The molecule has 0 radical (unpaired) electrons. The number of halogens is 3. The van der Waals surface area contributed by atoms with E-state index in [2.05, 4.69) is 5.32 Å². The van der Waals surface area contributed by atoms with Gasteiger partial charge in [0.2, 0.25) is 5.91 Å². The number of carbonyl (C=O) groups excluding carboxylic acids is 3. The summed E-state index contributed by atoms with van der Waals surface area (Å²) in [6.07, 6.45) is -3.81. The zero-order valence-corrected chi connectivity index (χ0v) is 24.4. The van der Waals surface area contributed by atoms with Crippen LogP contribution in [0, 0.1) is 0 Å². The first-order chi connectivity index (χ1) is 21.1. The van der Waals surface area contributed by atoms with Gasteiger partial charge < -0.3 is 29.5 Å². The lowest BCUT2D eigenvalue weighted by molar-refractivity contribution is -0.138. The number of alkyl halides is 3. The number of anilines is 1. The Kier molecular flexibility index (Phi) is 8.70. The van der Waals surface area contributed by atoms with Crippen LogP contribution in [0.1, 0.15) is 34.3 Å². The topological polar surface area (TPSA) is 91.4 Å². The highest BCUT2D eigenvalue weighted by Gasteiger charge is 2.54. The molecular weight excluding hydrogens is 577 g/mol. The van der Waals surface area contributed by atoms with Gasteiger partial charge in [-0.2, -0.15) is 13.2 Å². The van der Waals surface area contributed by atoms with Gasteiger partial charge in [0.15, 0.2) is 0 Å². The number of ether oxygens (including phenoxy) is 2.